The van der Waals surface area contributed by atoms with Gasteiger partial charge in [-0.25, -0.2) is 14.8 Å². The number of carbonyl (C=O) groups is 1. The Morgan fingerprint density at radius 3 is 2.19 bits per heavy atom. The summed E-state index contributed by atoms with van der Waals surface area (Å²) >= 11 is 0. The van der Waals surface area contributed by atoms with Gasteiger partial charge in [0.05, 0.1) is 7.11 Å². The summed E-state index contributed by atoms with van der Waals surface area (Å²) in [6, 6.07) is 10.3. The van der Waals surface area contributed by atoms with E-state index in [0.717, 1.165) is 31.3 Å². The first-order valence-corrected chi connectivity index (χ1v) is 10.4. The minimum absolute atomic E-state index is 0.484. The standard InChI is InChI=1S/C20H26N4O.C2HF3O2/c1-25-18-5-3-17(4-6-18)15-23-12-7-20(16-23)8-13-24(14-9-20)19-21-10-2-11-22-19;3-2(4,5)1(6)7/h2-6,10-11H,7-9,12-16H2,1H3;(H,6,7). The monoisotopic (exact) mass is 452 g/mol. The van der Waals surface area contributed by atoms with Crippen LogP contribution in [0.5, 0.6) is 5.75 Å². The van der Waals surface area contributed by atoms with Crippen molar-refractivity contribution in [2.45, 2.75) is 32.0 Å². The van der Waals surface area contributed by atoms with Crippen LogP contribution in [0.15, 0.2) is 42.7 Å². The molecule has 2 aliphatic heterocycles. The number of rotatable bonds is 4. The average Bonchev–Trinajstić information content (AvgIpc) is 3.17. The third-order valence-electron chi connectivity index (χ3n) is 5.98. The maximum atomic E-state index is 10.6. The van der Waals surface area contributed by atoms with E-state index in [4.69, 9.17) is 14.6 Å². The van der Waals surface area contributed by atoms with E-state index in [-0.39, 0.29) is 0 Å². The molecule has 0 amide bonds. The summed E-state index contributed by atoms with van der Waals surface area (Å²) in [6.45, 7) is 5.59. The predicted octanol–water partition coefficient (Wildman–Crippen LogP) is 3.61. The highest BCUT2D eigenvalue weighted by atomic mass is 19.4. The van der Waals surface area contributed by atoms with E-state index >= 15 is 0 Å². The van der Waals surface area contributed by atoms with E-state index < -0.39 is 12.1 Å². The van der Waals surface area contributed by atoms with Crippen molar-refractivity contribution < 1.29 is 27.8 Å². The fourth-order valence-electron chi connectivity index (χ4n) is 4.20. The van der Waals surface area contributed by atoms with E-state index in [0.29, 0.717) is 5.41 Å². The lowest BCUT2D eigenvalue weighted by Crippen LogP contribution is -2.42. The lowest BCUT2D eigenvalue weighted by Gasteiger charge is -2.39. The number of aromatic nitrogens is 2. The Hall–Kier alpha value is -2.88. The number of hydrogen-bond acceptors (Lipinski definition) is 6. The highest BCUT2D eigenvalue weighted by molar-refractivity contribution is 5.73. The summed E-state index contributed by atoms with van der Waals surface area (Å²) in [5, 5.41) is 7.12. The Kier molecular flexibility index (Phi) is 7.55. The quantitative estimate of drug-likeness (QED) is 0.759. The van der Waals surface area contributed by atoms with Crippen molar-refractivity contribution in [3.63, 3.8) is 0 Å². The van der Waals surface area contributed by atoms with Crippen LogP contribution in [0.25, 0.3) is 0 Å². The highest BCUT2D eigenvalue weighted by Gasteiger charge is 2.41. The summed E-state index contributed by atoms with van der Waals surface area (Å²) in [6.07, 6.45) is 2.37. The molecule has 1 N–H and O–H groups in total. The van der Waals surface area contributed by atoms with Gasteiger partial charge in [0, 0.05) is 38.6 Å². The third-order valence-corrected chi connectivity index (χ3v) is 5.98. The number of nitrogens with zero attached hydrogens (tertiary/aromatic N) is 4. The number of carboxylic acid groups (broad SMARTS) is 1. The van der Waals surface area contributed by atoms with Gasteiger partial charge in [-0.2, -0.15) is 13.2 Å². The number of halogens is 3. The second kappa shape index (κ2) is 10.2. The number of hydrogen-bond donors (Lipinski definition) is 1. The van der Waals surface area contributed by atoms with Crippen LogP contribution in [0.3, 0.4) is 0 Å². The fourth-order valence-corrected chi connectivity index (χ4v) is 4.20. The molecule has 174 valence electrons. The zero-order valence-electron chi connectivity index (χ0n) is 17.9. The van der Waals surface area contributed by atoms with Crippen LogP contribution >= 0.6 is 0 Å². The normalized spacial score (nSPS) is 18.2. The molecule has 2 aliphatic rings. The molecule has 7 nitrogen and oxygen atoms in total. The maximum Gasteiger partial charge on any atom is 0.490 e. The van der Waals surface area contributed by atoms with Crippen LogP contribution in [0.4, 0.5) is 19.1 Å². The summed E-state index contributed by atoms with van der Waals surface area (Å²) in [5.74, 6) is -0.949. The second-order valence-corrected chi connectivity index (χ2v) is 8.15. The molecule has 1 aromatic heterocycles. The second-order valence-electron chi connectivity index (χ2n) is 8.15. The van der Waals surface area contributed by atoms with Crippen molar-refractivity contribution >= 4 is 11.9 Å². The summed E-state index contributed by atoms with van der Waals surface area (Å²) in [5.41, 5.74) is 1.85. The molecule has 0 unspecified atom stereocenters. The topological polar surface area (TPSA) is 78.8 Å². The van der Waals surface area contributed by atoms with E-state index in [2.05, 4.69) is 44.0 Å². The van der Waals surface area contributed by atoms with Crippen LogP contribution in [-0.4, -0.2) is 65.4 Å². The van der Waals surface area contributed by atoms with Gasteiger partial charge in [0.1, 0.15) is 5.75 Å². The Labute approximate surface area is 184 Å². The smallest absolute Gasteiger partial charge is 0.490 e. The van der Waals surface area contributed by atoms with Gasteiger partial charge in [-0.05, 0) is 55.0 Å². The number of likely N-dealkylation sites (tertiary alicyclic amines) is 1. The maximum absolute atomic E-state index is 10.6. The molecule has 1 spiro atoms. The van der Waals surface area contributed by atoms with Gasteiger partial charge in [-0.3, -0.25) is 4.90 Å². The Bertz CT molecular complexity index is 870. The van der Waals surface area contributed by atoms with Crippen molar-refractivity contribution in [2.24, 2.45) is 5.41 Å². The van der Waals surface area contributed by atoms with Crippen molar-refractivity contribution in [3.8, 4) is 5.75 Å². The summed E-state index contributed by atoms with van der Waals surface area (Å²) in [4.78, 5) is 22.6. The van der Waals surface area contributed by atoms with Crippen molar-refractivity contribution in [1.29, 1.82) is 0 Å². The van der Waals surface area contributed by atoms with Crippen LogP contribution in [-0.2, 0) is 11.3 Å². The Balaban J connectivity index is 0.000000360. The molecule has 2 fully saturated rings. The minimum Gasteiger partial charge on any atom is -0.497 e. The first-order valence-electron chi connectivity index (χ1n) is 10.4. The number of benzene rings is 1. The number of methoxy groups -OCH3 is 1. The van der Waals surface area contributed by atoms with Crippen LogP contribution in [0.1, 0.15) is 24.8 Å². The van der Waals surface area contributed by atoms with Gasteiger partial charge in [-0.1, -0.05) is 12.1 Å². The molecule has 0 radical (unpaired) electrons. The third kappa shape index (κ3) is 6.32. The van der Waals surface area contributed by atoms with Gasteiger partial charge < -0.3 is 14.7 Å². The largest absolute Gasteiger partial charge is 0.497 e. The zero-order valence-corrected chi connectivity index (χ0v) is 17.9. The Morgan fingerprint density at radius 2 is 1.66 bits per heavy atom. The molecule has 4 rings (SSSR count). The van der Waals surface area contributed by atoms with Gasteiger partial charge in [-0.15, -0.1) is 0 Å². The molecular weight excluding hydrogens is 425 g/mol. The molecule has 32 heavy (non-hydrogen) atoms. The Morgan fingerprint density at radius 1 is 1.09 bits per heavy atom. The van der Waals surface area contributed by atoms with Crippen molar-refractivity contribution in [1.82, 2.24) is 14.9 Å². The average molecular weight is 452 g/mol. The van der Waals surface area contributed by atoms with Gasteiger partial charge in [0.25, 0.3) is 0 Å². The van der Waals surface area contributed by atoms with Crippen molar-refractivity contribution in [3.05, 3.63) is 48.3 Å². The van der Waals surface area contributed by atoms with E-state index in [1.165, 1.54) is 37.9 Å². The molecule has 1 aromatic carbocycles. The number of alkyl halides is 3. The molecule has 0 saturated carbocycles. The molecule has 10 heteroatoms. The first kappa shape index (κ1) is 23.8. The molecule has 2 saturated heterocycles. The lowest BCUT2D eigenvalue weighted by atomic mass is 9.78. The van der Waals surface area contributed by atoms with Crippen LogP contribution < -0.4 is 9.64 Å². The van der Waals surface area contributed by atoms with E-state index in [1.807, 2.05) is 18.5 Å². The summed E-state index contributed by atoms with van der Waals surface area (Å²) < 4.78 is 37.0. The van der Waals surface area contributed by atoms with Gasteiger partial charge >= 0.3 is 12.1 Å². The zero-order chi connectivity index (χ0) is 23.2. The molecule has 2 aromatic rings. The van der Waals surface area contributed by atoms with Crippen LogP contribution in [0.2, 0.25) is 0 Å². The number of aliphatic carboxylic acids is 1. The summed E-state index contributed by atoms with van der Waals surface area (Å²) in [7, 11) is 1.71. The highest BCUT2D eigenvalue weighted by Crippen LogP contribution is 2.41. The van der Waals surface area contributed by atoms with Crippen molar-refractivity contribution in [2.75, 3.05) is 38.2 Å². The predicted molar refractivity (Wildman–Crippen MR) is 112 cm³/mol. The van der Waals surface area contributed by atoms with Gasteiger partial charge in [0.2, 0.25) is 5.95 Å². The van der Waals surface area contributed by atoms with Gasteiger partial charge in [0.15, 0.2) is 0 Å². The molecular formula is C22H27F3N4O3. The van der Waals surface area contributed by atoms with E-state index in [9.17, 15) is 13.2 Å². The number of piperidine rings is 1. The molecule has 0 bridgehead atoms. The minimum atomic E-state index is -5.08. The number of anilines is 1. The molecule has 3 heterocycles. The fraction of sp³-hybridized carbons (Fsp3) is 0.500. The first-order chi connectivity index (χ1) is 15.2. The SMILES string of the molecule is COc1ccc(CN2CCC3(CCN(c4ncccn4)CC3)C2)cc1.O=C(O)C(F)(F)F. The lowest BCUT2D eigenvalue weighted by molar-refractivity contribution is -0.192. The molecule has 0 aliphatic carbocycles. The van der Waals surface area contributed by atoms with E-state index in [1.54, 1.807) is 7.11 Å². The number of ether oxygens (including phenoxy) is 1. The molecule has 0 atom stereocenters. The number of carboxylic acids is 1. The van der Waals surface area contributed by atoms with Crippen LogP contribution in [0, 0.1) is 5.41 Å².